The summed E-state index contributed by atoms with van der Waals surface area (Å²) in [7, 11) is 0. The van der Waals surface area contributed by atoms with Gasteiger partial charge in [-0.3, -0.25) is 4.79 Å². The summed E-state index contributed by atoms with van der Waals surface area (Å²) in [5.74, 6) is 0.0818. The van der Waals surface area contributed by atoms with Crippen molar-refractivity contribution in [1.82, 2.24) is 10.6 Å². The monoisotopic (exact) mass is 493 g/mol. The van der Waals surface area contributed by atoms with Gasteiger partial charge in [-0.25, -0.2) is 0 Å². The second kappa shape index (κ2) is 11.1. The molecule has 2 aromatic rings. The molecule has 10 heteroatoms. The molecule has 1 amide bonds. The first-order chi connectivity index (χ1) is 13.7. The molecule has 5 nitrogen and oxygen atoms in total. The van der Waals surface area contributed by atoms with Crippen LogP contribution in [0.5, 0.6) is 5.75 Å². The van der Waals surface area contributed by atoms with Crippen molar-refractivity contribution in [3.05, 3.63) is 59.1 Å². The average molecular weight is 495 g/mol. The van der Waals surface area contributed by atoms with Gasteiger partial charge >= 0.3 is 0 Å². The first-order valence-corrected chi connectivity index (χ1v) is 10.5. The van der Waals surface area contributed by atoms with Crippen molar-refractivity contribution in [3.63, 3.8) is 0 Å². The number of rotatable bonds is 7. The lowest BCUT2D eigenvalue weighted by molar-refractivity contribution is -0.123. The summed E-state index contributed by atoms with van der Waals surface area (Å²) in [5, 5.41) is 8.98. The van der Waals surface area contributed by atoms with Crippen LogP contribution < -0.4 is 20.7 Å². The number of ether oxygens (including phenoxy) is 1. The van der Waals surface area contributed by atoms with E-state index in [1.165, 1.54) is 5.56 Å². The van der Waals surface area contributed by atoms with E-state index < -0.39 is 15.9 Å². The van der Waals surface area contributed by atoms with Gasteiger partial charge in [0.15, 0.2) is 11.7 Å². The molecule has 0 saturated heterocycles. The van der Waals surface area contributed by atoms with Crippen LogP contribution in [0.15, 0.2) is 48.5 Å². The summed E-state index contributed by atoms with van der Waals surface area (Å²) < 4.78 is 3.61. The minimum absolute atomic E-state index is 0.153. The van der Waals surface area contributed by atoms with E-state index in [1.54, 1.807) is 36.4 Å². The molecule has 2 aromatic carbocycles. The van der Waals surface area contributed by atoms with Crippen LogP contribution in [0, 0.1) is 0 Å². The van der Waals surface area contributed by atoms with E-state index in [1.807, 2.05) is 12.1 Å². The smallest absolute Gasteiger partial charge is 0.259 e. The normalized spacial score (nSPS) is 12.0. The quantitative estimate of drug-likeness (QED) is 0.284. The van der Waals surface area contributed by atoms with Crippen molar-refractivity contribution >= 4 is 75.3 Å². The van der Waals surface area contributed by atoms with Crippen LogP contribution in [0.3, 0.4) is 0 Å². The maximum absolute atomic E-state index is 12.2. The minimum atomic E-state index is -1.86. The predicted molar refractivity (Wildman–Crippen MR) is 124 cm³/mol. The molecule has 0 saturated carbocycles. The van der Waals surface area contributed by atoms with E-state index in [-0.39, 0.29) is 11.7 Å². The number of halogens is 4. The van der Waals surface area contributed by atoms with Crippen LogP contribution in [0.2, 0.25) is 5.02 Å². The Morgan fingerprint density at radius 2 is 1.69 bits per heavy atom. The Hall–Kier alpha value is -1.44. The van der Waals surface area contributed by atoms with E-state index in [2.05, 4.69) is 22.9 Å². The highest BCUT2D eigenvalue weighted by atomic mass is 35.6. The van der Waals surface area contributed by atoms with Gasteiger partial charge in [0, 0.05) is 10.7 Å². The molecule has 0 aromatic heterocycles. The molecule has 29 heavy (non-hydrogen) atoms. The van der Waals surface area contributed by atoms with Crippen molar-refractivity contribution in [1.29, 1.82) is 0 Å². The summed E-state index contributed by atoms with van der Waals surface area (Å²) in [5.41, 5.74) is 1.85. The van der Waals surface area contributed by atoms with Gasteiger partial charge in [-0.1, -0.05) is 65.5 Å². The maximum atomic E-state index is 12.2. The van der Waals surface area contributed by atoms with Crippen LogP contribution >= 0.6 is 58.6 Å². The SMILES string of the molecule is CCc1ccc(OCC(=O)N[C@H](NC(=S)Nc2ccc(Cl)cc2)C(Cl)(Cl)Cl)cc1. The molecule has 0 aliphatic carbocycles. The van der Waals surface area contributed by atoms with E-state index in [4.69, 9.17) is 63.4 Å². The van der Waals surface area contributed by atoms with Gasteiger partial charge in [-0.05, 0) is 60.6 Å². The van der Waals surface area contributed by atoms with Crippen molar-refractivity contribution in [3.8, 4) is 5.75 Å². The molecule has 0 bridgehead atoms. The maximum Gasteiger partial charge on any atom is 0.259 e. The van der Waals surface area contributed by atoms with E-state index in [0.717, 1.165) is 6.42 Å². The largest absolute Gasteiger partial charge is 0.484 e. The zero-order chi connectivity index (χ0) is 21.4. The number of hydrogen-bond donors (Lipinski definition) is 3. The number of anilines is 1. The third kappa shape index (κ3) is 8.44. The van der Waals surface area contributed by atoms with Crippen molar-refractivity contribution in [2.24, 2.45) is 0 Å². The van der Waals surface area contributed by atoms with Crippen molar-refractivity contribution in [2.75, 3.05) is 11.9 Å². The van der Waals surface area contributed by atoms with Gasteiger partial charge in [-0.2, -0.15) is 0 Å². The molecule has 1 atom stereocenters. The zero-order valence-corrected chi connectivity index (χ0v) is 19.2. The summed E-state index contributed by atoms with van der Waals surface area (Å²) in [6, 6.07) is 14.3. The standard InChI is InChI=1S/C19H19Cl4N3O2S/c1-2-12-3-9-15(10-4-12)28-11-16(27)25-17(19(21,22)23)26-18(29)24-14-7-5-13(20)6-8-14/h3-10,17H,2,11H2,1H3,(H,25,27)(H2,24,26,29)/t17-/m1/s1. The second-order valence-electron chi connectivity index (χ2n) is 5.93. The molecule has 0 heterocycles. The first kappa shape index (κ1) is 23.8. The number of alkyl halides is 3. The van der Waals surface area contributed by atoms with Crippen molar-refractivity contribution in [2.45, 2.75) is 23.3 Å². The van der Waals surface area contributed by atoms with Gasteiger partial charge in [0.05, 0.1) is 0 Å². The topological polar surface area (TPSA) is 62.4 Å². The Kier molecular flexibility index (Phi) is 9.11. The molecule has 0 fully saturated rings. The molecular weight excluding hydrogens is 476 g/mol. The Morgan fingerprint density at radius 3 is 2.24 bits per heavy atom. The summed E-state index contributed by atoms with van der Waals surface area (Å²) in [6.07, 6.45) is -0.167. The average Bonchev–Trinajstić information content (AvgIpc) is 2.67. The summed E-state index contributed by atoms with van der Waals surface area (Å²) in [6.45, 7) is 1.81. The highest BCUT2D eigenvalue weighted by Gasteiger charge is 2.34. The molecule has 2 rings (SSSR count). The molecule has 156 valence electrons. The third-order valence-corrected chi connectivity index (χ3v) is 4.84. The lowest BCUT2D eigenvalue weighted by Gasteiger charge is -2.27. The van der Waals surface area contributed by atoms with Gasteiger partial charge in [0.25, 0.3) is 5.91 Å². The number of nitrogens with one attached hydrogen (secondary N) is 3. The molecule has 0 aliphatic rings. The summed E-state index contributed by atoms with van der Waals surface area (Å²) in [4.78, 5) is 12.2. The molecule has 0 radical (unpaired) electrons. The first-order valence-electron chi connectivity index (χ1n) is 8.58. The van der Waals surface area contributed by atoms with E-state index in [0.29, 0.717) is 16.5 Å². The number of hydrogen-bond acceptors (Lipinski definition) is 3. The van der Waals surface area contributed by atoms with E-state index in [9.17, 15) is 4.79 Å². The number of aryl methyl sites for hydroxylation is 1. The van der Waals surface area contributed by atoms with Gasteiger partial charge < -0.3 is 20.7 Å². The minimum Gasteiger partial charge on any atom is -0.484 e. The van der Waals surface area contributed by atoms with Crippen LogP contribution in [-0.2, 0) is 11.2 Å². The fourth-order valence-electron chi connectivity index (χ4n) is 2.20. The van der Waals surface area contributed by atoms with Crippen LogP contribution in [0.4, 0.5) is 5.69 Å². The lowest BCUT2D eigenvalue weighted by Crippen LogP contribution is -2.56. The zero-order valence-electron chi connectivity index (χ0n) is 15.3. The fraction of sp³-hybridized carbons (Fsp3) is 0.263. The molecule has 3 N–H and O–H groups in total. The number of benzene rings is 2. The van der Waals surface area contributed by atoms with Crippen LogP contribution in [-0.4, -0.2) is 27.6 Å². The molecular formula is C19H19Cl4N3O2S. The molecule has 0 unspecified atom stereocenters. The Labute approximate surface area is 195 Å². The molecule has 0 aliphatic heterocycles. The van der Waals surface area contributed by atoms with Crippen molar-refractivity contribution < 1.29 is 9.53 Å². The van der Waals surface area contributed by atoms with Crippen LogP contribution in [0.25, 0.3) is 0 Å². The highest BCUT2D eigenvalue weighted by Crippen LogP contribution is 2.29. The fourth-order valence-corrected chi connectivity index (χ4v) is 2.89. The molecule has 0 spiro atoms. The van der Waals surface area contributed by atoms with Gasteiger partial charge in [0.2, 0.25) is 3.79 Å². The number of carbonyl (C=O) groups is 1. The summed E-state index contributed by atoms with van der Waals surface area (Å²) >= 11 is 29.0. The lowest BCUT2D eigenvalue weighted by atomic mass is 10.2. The second-order valence-corrected chi connectivity index (χ2v) is 9.15. The third-order valence-electron chi connectivity index (χ3n) is 3.71. The Bertz CT molecular complexity index is 827. The highest BCUT2D eigenvalue weighted by molar-refractivity contribution is 7.80. The number of amides is 1. The van der Waals surface area contributed by atoms with Gasteiger partial charge in [0.1, 0.15) is 11.9 Å². The van der Waals surface area contributed by atoms with E-state index >= 15 is 0 Å². The number of thiocarbonyl (C=S) groups is 1. The number of carbonyl (C=O) groups excluding carboxylic acids is 1. The van der Waals surface area contributed by atoms with Crippen LogP contribution in [0.1, 0.15) is 12.5 Å². The predicted octanol–water partition coefficient (Wildman–Crippen LogP) is 5.08. The Morgan fingerprint density at radius 1 is 1.07 bits per heavy atom. The van der Waals surface area contributed by atoms with Gasteiger partial charge in [-0.15, -0.1) is 0 Å². The Balaban J connectivity index is 1.90.